The maximum absolute atomic E-state index is 5.80. The van der Waals surface area contributed by atoms with Crippen LogP contribution in [0.25, 0.3) is 0 Å². The van der Waals surface area contributed by atoms with Crippen molar-refractivity contribution in [2.75, 3.05) is 39.3 Å². The minimum Gasteiger partial charge on any atom is -0.373 e. The summed E-state index contributed by atoms with van der Waals surface area (Å²) in [5, 5.41) is 3.47. The lowest BCUT2D eigenvalue weighted by Gasteiger charge is -2.62. The van der Waals surface area contributed by atoms with Gasteiger partial charge in [0.15, 0.2) is 5.96 Å². The normalized spacial score (nSPS) is 30.1. The molecule has 140 valence electrons. The molecule has 2 fully saturated rings. The van der Waals surface area contributed by atoms with E-state index in [1.54, 1.807) is 0 Å². The molecule has 0 aliphatic carbocycles. The summed E-state index contributed by atoms with van der Waals surface area (Å²) in [7, 11) is 0. The maximum atomic E-state index is 5.80. The first kappa shape index (κ1) is 19.5. The van der Waals surface area contributed by atoms with Crippen LogP contribution in [-0.2, 0) is 4.74 Å². The number of likely N-dealkylation sites (tertiary alicyclic amines) is 1. The number of nitrogens with zero attached hydrogens (tertiary/aromatic N) is 3. The number of hydrogen-bond acceptors (Lipinski definition) is 3. The van der Waals surface area contributed by atoms with Crippen LogP contribution in [0.3, 0.4) is 0 Å². The molecule has 0 saturated carbocycles. The molecule has 2 atom stereocenters. The second-order valence-electron chi connectivity index (χ2n) is 8.64. The molecular weight excluding hydrogens is 300 g/mol. The summed E-state index contributed by atoms with van der Waals surface area (Å²) in [5.41, 5.74) is 0.492. The van der Waals surface area contributed by atoms with E-state index < -0.39 is 0 Å². The maximum Gasteiger partial charge on any atom is 0.194 e. The molecular formula is C19H38N4O. The van der Waals surface area contributed by atoms with E-state index in [9.17, 15) is 0 Å². The Morgan fingerprint density at radius 1 is 1.17 bits per heavy atom. The SMILES string of the molecule is CCNC(=NCCCN1CC(C)OC(C)C1)N1CC(C)(C)C1(C)C. The minimum atomic E-state index is 0.156. The summed E-state index contributed by atoms with van der Waals surface area (Å²) in [4.78, 5) is 9.83. The molecule has 0 spiro atoms. The third-order valence-corrected chi connectivity index (χ3v) is 5.86. The van der Waals surface area contributed by atoms with Crippen molar-refractivity contribution in [3.8, 4) is 0 Å². The first-order valence-corrected chi connectivity index (χ1v) is 9.61. The summed E-state index contributed by atoms with van der Waals surface area (Å²) in [6, 6.07) is 0. The molecule has 1 N–H and O–H groups in total. The highest BCUT2D eigenvalue weighted by Crippen LogP contribution is 2.46. The lowest BCUT2D eigenvalue weighted by molar-refractivity contribution is -0.0684. The van der Waals surface area contributed by atoms with Gasteiger partial charge in [0.2, 0.25) is 0 Å². The quantitative estimate of drug-likeness (QED) is 0.475. The fraction of sp³-hybridized carbons (Fsp3) is 0.947. The van der Waals surface area contributed by atoms with Crippen molar-refractivity contribution in [3.05, 3.63) is 0 Å². The Labute approximate surface area is 148 Å². The van der Waals surface area contributed by atoms with Crippen LogP contribution in [0.5, 0.6) is 0 Å². The number of nitrogens with one attached hydrogen (secondary N) is 1. The van der Waals surface area contributed by atoms with E-state index in [-0.39, 0.29) is 5.54 Å². The molecule has 2 aliphatic heterocycles. The Hall–Kier alpha value is -0.810. The van der Waals surface area contributed by atoms with E-state index in [1.165, 1.54) is 0 Å². The van der Waals surface area contributed by atoms with Crippen LogP contribution in [0, 0.1) is 5.41 Å². The second-order valence-corrected chi connectivity index (χ2v) is 8.64. The minimum absolute atomic E-state index is 0.156. The predicted octanol–water partition coefficient (Wildman–Crippen LogP) is 2.57. The first-order chi connectivity index (χ1) is 11.2. The predicted molar refractivity (Wildman–Crippen MR) is 102 cm³/mol. The molecule has 0 bridgehead atoms. The lowest BCUT2D eigenvalue weighted by Crippen LogP contribution is -2.72. The molecule has 0 radical (unpaired) electrons. The Morgan fingerprint density at radius 2 is 1.79 bits per heavy atom. The van der Waals surface area contributed by atoms with Gasteiger partial charge in [-0.15, -0.1) is 0 Å². The Morgan fingerprint density at radius 3 is 2.29 bits per heavy atom. The Balaban J connectivity index is 1.84. The fourth-order valence-corrected chi connectivity index (χ4v) is 3.74. The fourth-order valence-electron chi connectivity index (χ4n) is 3.74. The smallest absolute Gasteiger partial charge is 0.194 e. The molecule has 5 heteroatoms. The summed E-state index contributed by atoms with van der Waals surface area (Å²) in [6.45, 7) is 21.9. The zero-order chi connectivity index (χ0) is 18.0. The van der Waals surface area contributed by atoms with E-state index in [2.05, 4.69) is 63.6 Å². The Kier molecular flexibility index (Phi) is 6.19. The third-order valence-electron chi connectivity index (χ3n) is 5.86. The van der Waals surface area contributed by atoms with Crippen molar-refractivity contribution >= 4 is 5.96 Å². The number of ether oxygens (including phenoxy) is 1. The largest absolute Gasteiger partial charge is 0.373 e. The van der Waals surface area contributed by atoms with E-state index in [0.717, 1.165) is 51.6 Å². The highest BCUT2D eigenvalue weighted by molar-refractivity contribution is 5.82. The molecule has 24 heavy (non-hydrogen) atoms. The van der Waals surface area contributed by atoms with Gasteiger partial charge in [-0.3, -0.25) is 9.89 Å². The zero-order valence-electron chi connectivity index (χ0n) is 16.9. The van der Waals surface area contributed by atoms with Crippen molar-refractivity contribution in [2.24, 2.45) is 10.4 Å². The molecule has 2 aliphatic rings. The first-order valence-electron chi connectivity index (χ1n) is 9.61. The van der Waals surface area contributed by atoms with Gasteiger partial charge in [0.1, 0.15) is 0 Å². The molecule has 0 amide bonds. The van der Waals surface area contributed by atoms with Crippen LogP contribution in [0.4, 0.5) is 0 Å². The van der Waals surface area contributed by atoms with Gasteiger partial charge >= 0.3 is 0 Å². The van der Waals surface area contributed by atoms with Gasteiger partial charge in [-0.25, -0.2) is 0 Å². The average Bonchev–Trinajstić information content (AvgIpc) is 2.47. The van der Waals surface area contributed by atoms with Gasteiger partial charge in [-0.05, 0) is 41.0 Å². The van der Waals surface area contributed by atoms with Crippen LogP contribution >= 0.6 is 0 Å². The van der Waals surface area contributed by atoms with E-state index in [4.69, 9.17) is 9.73 Å². The molecule has 2 saturated heterocycles. The monoisotopic (exact) mass is 338 g/mol. The van der Waals surface area contributed by atoms with Crippen molar-refractivity contribution in [2.45, 2.75) is 72.6 Å². The van der Waals surface area contributed by atoms with Crippen LogP contribution in [-0.4, -0.2) is 72.8 Å². The standard InChI is InChI=1S/C19H38N4O/c1-8-20-17(23-14-18(4,5)19(23,6)7)21-10-9-11-22-12-15(2)24-16(3)13-22/h15-16H,8-14H2,1-7H3,(H,20,21). The number of rotatable bonds is 5. The topological polar surface area (TPSA) is 40.1 Å². The van der Waals surface area contributed by atoms with Gasteiger partial charge in [0, 0.05) is 50.2 Å². The van der Waals surface area contributed by atoms with Gasteiger partial charge in [0.05, 0.1) is 12.2 Å². The van der Waals surface area contributed by atoms with Crippen LogP contribution in [0.2, 0.25) is 0 Å². The summed E-state index contributed by atoms with van der Waals surface area (Å²) >= 11 is 0. The average molecular weight is 339 g/mol. The number of aliphatic imine (C=N–C) groups is 1. The van der Waals surface area contributed by atoms with Crippen LogP contribution < -0.4 is 5.32 Å². The molecule has 2 heterocycles. The van der Waals surface area contributed by atoms with Gasteiger partial charge in [0.25, 0.3) is 0 Å². The molecule has 2 rings (SSSR count). The molecule has 0 aromatic carbocycles. The van der Waals surface area contributed by atoms with Crippen molar-refractivity contribution < 1.29 is 4.74 Å². The number of guanidine groups is 1. The van der Waals surface area contributed by atoms with E-state index in [0.29, 0.717) is 17.6 Å². The van der Waals surface area contributed by atoms with Crippen LogP contribution in [0.1, 0.15) is 54.9 Å². The number of hydrogen-bond donors (Lipinski definition) is 1. The van der Waals surface area contributed by atoms with Crippen molar-refractivity contribution in [3.63, 3.8) is 0 Å². The van der Waals surface area contributed by atoms with Gasteiger partial charge < -0.3 is 15.0 Å². The van der Waals surface area contributed by atoms with Gasteiger partial charge in [-0.1, -0.05) is 13.8 Å². The van der Waals surface area contributed by atoms with Crippen molar-refractivity contribution in [1.82, 2.24) is 15.1 Å². The Bertz CT molecular complexity index is 437. The number of morpholine rings is 1. The van der Waals surface area contributed by atoms with E-state index >= 15 is 0 Å². The molecule has 0 aromatic rings. The van der Waals surface area contributed by atoms with Crippen molar-refractivity contribution in [1.29, 1.82) is 0 Å². The summed E-state index contributed by atoms with van der Waals surface area (Å²) in [5.74, 6) is 1.07. The third kappa shape index (κ3) is 4.23. The van der Waals surface area contributed by atoms with E-state index in [1.807, 2.05) is 0 Å². The molecule has 2 unspecified atom stereocenters. The zero-order valence-corrected chi connectivity index (χ0v) is 16.9. The summed E-state index contributed by atoms with van der Waals surface area (Å²) < 4.78 is 5.80. The summed E-state index contributed by atoms with van der Waals surface area (Å²) in [6.07, 6.45) is 1.80. The van der Waals surface area contributed by atoms with Gasteiger partial charge in [-0.2, -0.15) is 0 Å². The highest BCUT2D eigenvalue weighted by Gasteiger charge is 2.53. The highest BCUT2D eigenvalue weighted by atomic mass is 16.5. The lowest BCUT2D eigenvalue weighted by atomic mass is 9.65. The van der Waals surface area contributed by atoms with Crippen LogP contribution in [0.15, 0.2) is 4.99 Å². The molecule has 0 aromatic heterocycles. The molecule has 5 nitrogen and oxygen atoms in total. The second kappa shape index (κ2) is 7.61.